The molecule has 0 atom stereocenters. The Morgan fingerprint density at radius 1 is 1.25 bits per heavy atom. The Kier molecular flexibility index (Phi) is 4.33. The van der Waals surface area contributed by atoms with Crippen molar-refractivity contribution in [2.24, 2.45) is 5.41 Å². The summed E-state index contributed by atoms with van der Waals surface area (Å²) in [5, 5.41) is 9.91. The minimum atomic E-state index is -0.196. The second-order valence-electron chi connectivity index (χ2n) is 5.81. The number of carbonyl (C=O) groups excluding carboxylic acids is 2. The summed E-state index contributed by atoms with van der Waals surface area (Å²) in [6.45, 7) is 3.92. The molecule has 106 valence electrons. The number of hydrogen-bond acceptors (Lipinski definition) is 4. The summed E-state index contributed by atoms with van der Waals surface area (Å²) in [5.41, 5.74) is 0.818. The van der Waals surface area contributed by atoms with Crippen molar-refractivity contribution in [3.8, 4) is 0 Å². The normalized spacial score (nSPS) is 18.2. The summed E-state index contributed by atoms with van der Waals surface area (Å²) < 4.78 is 0. The van der Waals surface area contributed by atoms with Crippen LogP contribution in [0.1, 0.15) is 37.0 Å². The Balaban J connectivity index is 2.04. The third-order valence-corrected chi connectivity index (χ3v) is 4.26. The zero-order valence-corrected chi connectivity index (χ0v) is 12.5. The van der Waals surface area contributed by atoms with E-state index in [1.54, 1.807) is 24.3 Å². The second kappa shape index (κ2) is 5.83. The van der Waals surface area contributed by atoms with Crippen molar-refractivity contribution >= 4 is 22.7 Å². The highest BCUT2D eigenvalue weighted by Crippen LogP contribution is 2.36. The van der Waals surface area contributed by atoms with Crippen LogP contribution < -0.4 is 0 Å². The smallest absolute Gasteiger partial charge is 0.219 e. The first-order chi connectivity index (χ1) is 9.39. The van der Waals surface area contributed by atoms with Crippen LogP contribution >= 0.6 is 11.8 Å². The molecule has 0 aromatic heterocycles. The molecule has 1 aliphatic carbocycles. The van der Waals surface area contributed by atoms with Gasteiger partial charge < -0.3 is 5.11 Å². The van der Waals surface area contributed by atoms with E-state index >= 15 is 0 Å². The van der Waals surface area contributed by atoms with Crippen molar-refractivity contribution in [2.75, 3.05) is 5.75 Å². The fourth-order valence-electron chi connectivity index (χ4n) is 2.28. The predicted molar refractivity (Wildman–Crippen MR) is 80.9 cm³/mol. The average molecular weight is 290 g/mol. The van der Waals surface area contributed by atoms with Gasteiger partial charge in [0.15, 0.2) is 5.78 Å². The summed E-state index contributed by atoms with van der Waals surface area (Å²) in [6, 6.07) is 8.95. The first-order valence-corrected chi connectivity index (χ1v) is 7.54. The molecule has 0 radical (unpaired) electrons. The Bertz CT molecular complexity index is 558. The monoisotopic (exact) mass is 290 g/mol. The number of rotatable bonds is 3. The Morgan fingerprint density at radius 2 is 1.90 bits per heavy atom. The number of aliphatic hydroxyl groups is 1. The number of benzene rings is 1. The highest BCUT2D eigenvalue weighted by atomic mass is 32.2. The van der Waals surface area contributed by atoms with E-state index in [1.165, 1.54) is 0 Å². The Morgan fingerprint density at radius 3 is 2.50 bits per heavy atom. The molecule has 0 spiro atoms. The highest BCUT2D eigenvalue weighted by molar-refractivity contribution is 8.14. The van der Waals surface area contributed by atoms with E-state index in [2.05, 4.69) is 0 Å². The van der Waals surface area contributed by atoms with Crippen LogP contribution in [0.5, 0.6) is 0 Å². The highest BCUT2D eigenvalue weighted by Gasteiger charge is 2.33. The summed E-state index contributed by atoms with van der Waals surface area (Å²) in [6.07, 6.45) is 0.917. The molecule has 0 amide bonds. The lowest BCUT2D eigenvalue weighted by atomic mass is 9.77. The largest absolute Gasteiger partial charge is 0.512 e. The molecule has 0 aliphatic heterocycles. The van der Waals surface area contributed by atoms with E-state index < -0.39 is 0 Å². The standard InChI is InChI=1S/C16H18O3S/c1-16(2)8-13(17)12(14(18)9-16)10-20-15(19)11-6-4-3-5-7-11/h3-7,17H,8-10H2,1-2H3. The maximum Gasteiger partial charge on any atom is 0.219 e. The summed E-state index contributed by atoms with van der Waals surface area (Å²) in [7, 11) is 0. The molecule has 0 bridgehead atoms. The van der Waals surface area contributed by atoms with Crippen molar-refractivity contribution in [3.63, 3.8) is 0 Å². The molecule has 0 unspecified atom stereocenters. The van der Waals surface area contributed by atoms with Gasteiger partial charge >= 0.3 is 0 Å². The maximum atomic E-state index is 12.0. The van der Waals surface area contributed by atoms with E-state index in [9.17, 15) is 14.7 Å². The van der Waals surface area contributed by atoms with Crippen molar-refractivity contribution in [2.45, 2.75) is 26.7 Å². The molecule has 0 saturated carbocycles. The lowest BCUT2D eigenvalue weighted by Crippen LogP contribution is -2.26. The number of ketones is 1. The molecule has 0 heterocycles. The van der Waals surface area contributed by atoms with Gasteiger partial charge in [0, 0.05) is 29.7 Å². The molecular weight excluding hydrogens is 272 g/mol. The van der Waals surface area contributed by atoms with E-state index in [0.717, 1.165) is 11.8 Å². The van der Waals surface area contributed by atoms with Gasteiger partial charge in [0.05, 0.1) is 0 Å². The number of allylic oxidation sites excluding steroid dienone is 1. The summed E-state index contributed by atoms with van der Waals surface area (Å²) >= 11 is 1.07. The first kappa shape index (κ1) is 14.9. The zero-order valence-electron chi connectivity index (χ0n) is 11.7. The molecule has 3 nitrogen and oxygen atoms in total. The molecule has 1 aliphatic rings. The van der Waals surface area contributed by atoms with E-state index in [-0.39, 0.29) is 27.8 Å². The molecule has 1 N–H and O–H groups in total. The van der Waals surface area contributed by atoms with Gasteiger partial charge in [0.25, 0.3) is 0 Å². The number of aliphatic hydroxyl groups excluding tert-OH is 1. The van der Waals surface area contributed by atoms with Crippen LogP contribution in [0, 0.1) is 5.41 Å². The van der Waals surface area contributed by atoms with Crippen molar-refractivity contribution in [1.82, 2.24) is 0 Å². The Labute approximate surface area is 123 Å². The van der Waals surface area contributed by atoms with Gasteiger partial charge in [-0.15, -0.1) is 0 Å². The number of hydrogen-bond donors (Lipinski definition) is 1. The maximum absolute atomic E-state index is 12.0. The fourth-order valence-corrected chi connectivity index (χ4v) is 3.19. The van der Waals surface area contributed by atoms with Gasteiger partial charge in [0.2, 0.25) is 5.12 Å². The molecule has 0 fully saturated rings. The molecule has 1 aromatic rings. The lowest BCUT2D eigenvalue weighted by Gasteiger charge is -2.29. The van der Waals surface area contributed by atoms with Gasteiger partial charge in [0.1, 0.15) is 5.76 Å². The molecule has 1 aromatic carbocycles. The van der Waals surface area contributed by atoms with Crippen LogP contribution in [0.15, 0.2) is 41.7 Å². The summed E-state index contributed by atoms with van der Waals surface area (Å²) in [5.74, 6) is 0.334. The first-order valence-electron chi connectivity index (χ1n) is 6.55. The average Bonchev–Trinajstić information content (AvgIpc) is 2.37. The second-order valence-corrected chi connectivity index (χ2v) is 6.76. The van der Waals surface area contributed by atoms with Gasteiger partial charge in [-0.1, -0.05) is 55.9 Å². The van der Waals surface area contributed by atoms with Gasteiger partial charge in [-0.3, -0.25) is 9.59 Å². The third-order valence-electron chi connectivity index (χ3n) is 3.33. The minimum absolute atomic E-state index is 0.0490. The number of Topliss-reactive ketones (excluding diaryl/α,β-unsaturated/α-hetero) is 1. The molecule has 2 rings (SSSR count). The van der Waals surface area contributed by atoms with E-state index in [0.29, 0.717) is 24.0 Å². The van der Waals surface area contributed by atoms with Gasteiger partial charge in [-0.25, -0.2) is 0 Å². The van der Waals surface area contributed by atoms with Gasteiger partial charge in [-0.2, -0.15) is 0 Å². The Hall–Kier alpha value is -1.55. The van der Waals surface area contributed by atoms with Crippen LogP contribution in [-0.4, -0.2) is 21.8 Å². The SMILES string of the molecule is CC1(C)CC(=O)C(CSC(=O)c2ccccc2)=C(O)C1. The molecule has 20 heavy (non-hydrogen) atoms. The minimum Gasteiger partial charge on any atom is -0.512 e. The zero-order chi connectivity index (χ0) is 14.8. The predicted octanol–water partition coefficient (Wildman–Crippen LogP) is 3.76. The quantitative estimate of drug-likeness (QED) is 0.921. The van der Waals surface area contributed by atoms with E-state index in [1.807, 2.05) is 19.9 Å². The number of carbonyl (C=O) groups is 2. The molecule has 0 saturated heterocycles. The van der Waals surface area contributed by atoms with Crippen molar-refractivity contribution < 1.29 is 14.7 Å². The van der Waals surface area contributed by atoms with Crippen LogP contribution in [0.4, 0.5) is 0 Å². The van der Waals surface area contributed by atoms with E-state index in [4.69, 9.17) is 0 Å². The van der Waals surface area contributed by atoms with Crippen LogP contribution in [0.3, 0.4) is 0 Å². The summed E-state index contributed by atoms with van der Waals surface area (Å²) in [4.78, 5) is 24.0. The number of thioether (sulfide) groups is 1. The molecular formula is C16H18O3S. The van der Waals surface area contributed by atoms with Gasteiger partial charge in [-0.05, 0) is 5.41 Å². The van der Waals surface area contributed by atoms with Crippen molar-refractivity contribution in [3.05, 3.63) is 47.2 Å². The van der Waals surface area contributed by atoms with Crippen LogP contribution in [0.2, 0.25) is 0 Å². The third kappa shape index (κ3) is 3.51. The lowest BCUT2D eigenvalue weighted by molar-refractivity contribution is -0.118. The topological polar surface area (TPSA) is 54.4 Å². The van der Waals surface area contributed by atoms with Crippen LogP contribution in [-0.2, 0) is 4.79 Å². The van der Waals surface area contributed by atoms with Crippen molar-refractivity contribution in [1.29, 1.82) is 0 Å². The van der Waals surface area contributed by atoms with Crippen LogP contribution in [0.25, 0.3) is 0 Å². The molecule has 4 heteroatoms. The fraction of sp³-hybridized carbons (Fsp3) is 0.375.